The lowest BCUT2D eigenvalue weighted by molar-refractivity contribution is 1.49. The predicted octanol–water partition coefficient (Wildman–Crippen LogP) is 7.11. The van der Waals surface area contributed by atoms with E-state index in [1.807, 2.05) is 61.5 Å². The summed E-state index contributed by atoms with van der Waals surface area (Å²) in [5, 5.41) is 4.86. The van der Waals surface area contributed by atoms with E-state index < -0.39 is 0 Å². The normalized spacial score (nSPS) is 9.00. The summed E-state index contributed by atoms with van der Waals surface area (Å²) in [7, 11) is 0. The number of benzene rings is 2. The first-order valence-corrected chi connectivity index (χ1v) is 9.49. The average molecular weight is 329 g/mol. The number of fused-ring (bicyclic) bond motifs is 1. The molecule has 0 atom stereocenters. The Hall–Kier alpha value is -1.82. The van der Waals surface area contributed by atoms with Gasteiger partial charge in [0.2, 0.25) is 0 Å². The minimum atomic E-state index is 1.07. The van der Waals surface area contributed by atoms with Gasteiger partial charge in [-0.1, -0.05) is 105 Å². The van der Waals surface area contributed by atoms with Gasteiger partial charge in [-0.05, 0) is 46.2 Å². The lowest BCUT2D eigenvalue weighted by Gasteiger charge is -2.07. The first-order valence-electron chi connectivity index (χ1n) is 9.49. The number of hydrogen-bond donors (Lipinski definition) is 0. The predicted molar refractivity (Wildman–Crippen MR) is 119 cm³/mol. The summed E-state index contributed by atoms with van der Waals surface area (Å²) in [6, 6.07) is 8.46. The number of aryl methyl sites for hydroxylation is 1. The minimum absolute atomic E-state index is 1.07. The SMILES string of the molecule is C=Cc1ccc(C)c2/c(=C\C)ccc(=C)c12.CC.CC.CC.CC. The molecule has 2 aromatic rings. The van der Waals surface area contributed by atoms with Gasteiger partial charge in [0.15, 0.2) is 0 Å². The molecule has 136 valence electrons. The maximum Gasteiger partial charge on any atom is -0.00364 e. The highest BCUT2D eigenvalue weighted by atomic mass is 14.1. The van der Waals surface area contributed by atoms with E-state index in [1.54, 1.807) is 0 Å². The molecule has 0 unspecified atom stereocenters. The Morgan fingerprint density at radius 2 is 1.25 bits per heavy atom. The van der Waals surface area contributed by atoms with Crippen LogP contribution in [0.1, 0.15) is 73.4 Å². The molecule has 0 fully saturated rings. The van der Waals surface area contributed by atoms with Crippen LogP contribution in [0.4, 0.5) is 0 Å². The van der Waals surface area contributed by atoms with Crippen LogP contribution in [0, 0.1) is 6.92 Å². The molecule has 2 rings (SSSR count). The summed E-state index contributed by atoms with van der Waals surface area (Å²) in [6.07, 6.45) is 4.04. The van der Waals surface area contributed by atoms with E-state index in [0.29, 0.717) is 0 Å². The fraction of sp³-hybridized carbons (Fsp3) is 0.417. The smallest absolute Gasteiger partial charge is 0.00364 e. The van der Waals surface area contributed by atoms with Crippen molar-refractivity contribution in [2.45, 2.75) is 69.2 Å². The third kappa shape index (κ3) is 7.17. The van der Waals surface area contributed by atoms with Crippen molar-refractivity contribution in [3.05, 3.63) is 52.4 Å². The Bertz CT molecular complexity index is 660. The Balaban J connectivity index is -0.000000484. The molecule has 0 amide bonds. The van der Waals surface area contributed by atoms with Crippen LogP contribution in [0.5, 0.6) is 0 Å². The molecule has 0 saturated heterocycles. The molecule has 0 radical (unpaired) electrons. The largest absolute Gasteiger partial charge is 0.0984 e. The van der Waals surface area contributed by atoms with Gasteiger partial charge in [-0.15, -0.1) is 0 Å². The maximum absolute atomic E-state index is 4.11. The third-order valence-electron chi connectivity index (χ3n) is 3.05. The van der Waals surface area contributed by atoms with Crippen LogP contribution in [0.3, 0.4) is 0 Å². The molecule has 0 nitrogen and oxygen atoms in total. The van der Waals surface area contributed by atoms with Gasteiger partial charge in [-0.2, -0.15) is 0 Å². The highest BCUT2D eigenvalue weighted by molar-refractivity contribution is 5.93. The summed E-state index contributed by atoms with van der Waals surface area (Å²) in [5.41, 5.74) is 2.45. The zero-order valence-electron chi connectivity index (χ0n) is 17.9. The van der Waals surface area contributed by atoms with Crippen LogP contribution in [0.15, 0.2) is 30.8 Å². The van der Waals surface area contributed by atoms with Gasteiger partial charge in [0.25, 0.3) is 0 Å². The summed E-state index contributed by atoms with van der Waals surface area (Å²) >= 11 is 0. The van der Waals surface area contributed by atoms with Gasteiger partial charge in [-0.25, -0.2) is 0 Å². The molecular weight excluding hydrogens is 288 g/mol. The van der Waals surface area contributed by atoms with Crippen molar-refractivity contribution in [1.82, 2.24) is 0 Å². The van der Waals surface area contributed by atoms with E-state index in [9.17, 15) is 0 Å². The minimum Gasteiger partial charge on any atom is -0.0984 e. The molecule has 2 aromatic carbocycles. The van der Waals surface area contributed by atoms with Crippen molar-refractivity contribution in [2.24, 2.45) is 0 Å². The zero-order chi connectivity index (χ0) is 19.7. The van der Waals surface area contributed by atoms with Crippen LogP contribution in [-0.4, -0.2) is 0 Å². The van der Waals surface area contributed by atoms with Gasteiger partial charge < -0.3 is 0 Å². The monoisotopic (exact) mass is 328 g/mol. The van der Waals surface area contributed by atoms with Crippen molar-refractivity contribution in [1.29, 1.82) is 0 Å². The number of rotatable bonds is 1. The van der Waals surface area contributed by atoms with Crippen molar-refractivity contribution < 1.29 is 0 Å². The molecule has 0 bridgehead atoms. The highest BCUT2D eigenvalue weighted by Crippen LogP contribution is 2.17. The van der Waals surface area contributed by atoms with E-state index >= 15 is 0 Å². The van der Waals surface area contributed by atoms with Crippen LogP contribution >= 0.6 is 0 Å². The van der Waals surface area contributed by atoms with Gasteiger partial charge in [0, 0.05) is 0 Å². The van der Waals surface area contributed by atoms with Crippen LogP contribution in [0.25, 0.3) is 29.5 Å². The summed E-state index contributed by atoms with van der Waals surface area (Å²) in [5.74, 6) is 0. The van der Waals surface area contributed by atoms with Crippen molar-refractivity contribution >= 4 is 29.5 Å². The second-order valence-corrected chi connectivity index (χ2v) is 4.03. The lowest BCUT2D eigenvalue weighted by Crippen LogP contribution is -2.12. The molecule has 0 aliphatic rings. The van der Waals surface area contributed by atoms with Crippen molar-refractivity contribution in [3.8, 4) is 0 Å². The Morgan fingerprint density at radius 1 is 0.750 bits per heavy atom. The average Bonchev–Trinajstić information content (AvgIpc) is 2.69. The van der Waals surface area contributed by atoms with Crippen molar-refractivity contribution in [2.75, 3.05) is 0 Å². The van der Waals surface area contributed by atoms with E-state index in [2.05, 4.69) is 57.3 Å². The van der Waals surface area contributed by atoms with Crippen LogP contribution < -0.4 is 10.4 Å². The topological polar surface area (TPSA) is 0 Å². The maximum atomic E-state index is 4.11. The van der Waals surface area contributed by atoms with Gasteiger partial charge in [-0.3, -0.25) is 0 Å². The van der Waals surface area contributed by atoms with E-state index in [-0.39, 0.29) is 0 Å². The standard InChI is InChI=1S/C16H16.4C2H6/c1-5-13-9-7-12(4)16-14(6-2)10-8-11(3)15(13)16;4*1-2/h5-10H,1,3H2,2,4H3;4*1-2H3/b14-6-;;;;. The third-order valence-corrected chi connectivity index (χ3v) is 3.05. The highest BCUT2D eigenvalue weighted by Gasteiger charge is 2.03. The van der Waals surface area contributed by atoms with Gasteiger partial charge in [0.05, 0.1) is 0 Å². The zero-order valence-corrected chi connectivity index (χ0v) is 17.9. The second-order valence-electron chi connectivity index (χ2n) is 4.03. The molecule has 0 aromatic heterocycles. The molecule has 0 heteroatoms. The molecule has 24 heavy (non-hydrogen) atoms. The summed E-state index contributed by atoms with van der Waals surface area (Å²) < 4.78 is 0. The lowest BCUT2D eigenvalue weighted by atomic mass is 9.97. The summed E-state index contributed by atoms with van der Waals surface area (Å²) in [6.45, 7) is 28.2. The van der Waals surface area contributed by atoms with Crippen molar-refractivity contribution in [3.63, 3.8) is 0 Å². The molecule has 0 saturated carbocycles. The quantitative estimate of drug-likeness (QED) is 0.523. The first-order chi connectivity index (χ1) is 11.7. The second kappa shape index (κ2) is 17.5. The fourth-order valence-electron chi connectivity index (χ4n) is 2.21. The van der Waals surface area contributed by atoms with Crippen LogP contribution in [-0.2, 0) is 0 Å². The molecular formula is C24H40. The molecule has 0 heterocycles. The van der Waals surface area contributed by atoms with Gasteiger partial charge in [0.1, 0.15) is 0 Å². The molecule has 0 spiro atoms. The van der Waals surface area contributed by atoms with E-state index in [0.717, 1.165) is 10.8 Å². The van der Waals surface area contributed by atoms with Crippen LogP contribution in [0.2, 0.25) is 0 Å². The molecule has 0 aliphatic carbocycles. The number of hydrogen-bond acceptors (Lipinski definition) is 0. The van der Waals surface area contributed by atoms with E-state index in [1.165, 1.54) is 21.6 Å². The fourth-order valence-corrected chi connectivity index (χ4v) is 2.21. The summed E-state index contributed by atoms with van der Waals surface area (Å²) in [4.78, 5) is 0. The Morgan fingerprint density at radius 3 is 1.67 bits per heavy atom. The molecule has 0 aliphatic heterocycles. The van der Waals surface area contributed by atoms with E-state index in [4.69, 9.17) is 0 Å². The Kier molecular flexibility index (Phi) is 19.8. The van der Waals surface area contributed by atoms with Gasteiger partial charge >= 0.3 is 0 Å². The Labute approximate surface area is 151 Å². The first kappa shape index (κ1) is 27.0. The molecule has 0 N–H and O–H groups in total.